The molecule has 0 unspecified atom stereocenters. The molecule has 3 heteroatoms. The second kappa shape index (κ2) is 6.03. The van der Waals surface area contributed by atoms with Gasteiger partial charge in [-0.3, -0.25) is 4.79 Å². The SMILES string of the molecule is Cc1ccc(-c2c3cc(C)ccc3nc3[nH]c4ccc(C)cc4c(=O)c23)cc1. The van der Waals surface area contributed by atoms with E-state index in [9.17, 15) is 4.79 Å². The Morgan fingerprint density at radius 2 is 1.39 bits per heavy atom. The average molecular weight is 364 g/mol. The normalized spacial score (nSPS) is 11.5. The maximum Gasteiger partial charge on any atom is 0.199 e. The lowest BCUT2D eigenvalue weighted by Gasteiger charge is -2.13. The summed E-state index contributed by atoms with van der Waals surface area (Å²) >= 11 is 0. The summed E-state index contributed by atoms with van der Waals surface area (Å²) in [4.78, 5) is 21.8. The zero-order chi connectivity index (χ0) is 19.4. The first-order valence-electron chi connectivity index (χ1n) is 9.45. The van der Waals surface area contributed by atoms with Crippen LogP contribution in [0.3, 0.4) is 0 Å². The molecule has 0 saturated carbocycles. The Morgan fingerprint density at radius 3 is 2.14 bits per heavy atom. The van der Waals surface area contributed by atoms with Crippen molar-refractivity contribution in [3.8, 4) is 11.1 Å². The van der Waals surface area contributed by atoms with Gasteiger partial charge < -0.3 is 4.98 Å². The molecule has 0 aliphatic heterocycles. The lowest BCUT2D eigenvalue weighted by molar-refractivity contribution is 1.35. The smallest absolute Gasteiger partial charge is 0.199 e. The highest BCUT2D eigenvalue weighted by molar-refractivity contribution is 6.11. The van der Waals surface area contributed by atoms with Crippen LogP contribution < -0.4 is 5.43 Å². The van der Waals surface area contributed by atoms with E-state index in [1.807, 2.05) is 31.2 Å². The predicted molar refractivity (Wildman–Crippen MR) is 117 cm³/mol. The standard InChI is InChI=1S/C25H20N2O/c1-14-4-8-17(9-5-14)22-18-12-15(2)6-10-20(18)26-25-23(22)24(28)19-13-16(3)7-11-21(19)27-25/h4-13H,1-3H3,(H,26,27,28). The Balaban J connectivity index is 2.05. The molecule has 0 atom stereocenters. The van der Waals surface area contributed by atoms with Crippen LogP contribution in [0, 0.1) is 20.8 Å². The van der Waals surface area contributed by atoms with Gasteiger partial charge in [-0.05, 0) is 50.6 Å². The number of H-pyrrole nitrogens is 1. The minimum absolute atomic E-state index is 0.0268. The van der Waals surface area contributed by atoms with Gasteiger partial charge in [-0.2, -0.15) is 0 Å². The molecular weight excluding hydrogens is 344 g/mol. The van der Waals surface area contributed by atoms with Gasteiger partial charge in [0.2, 0.25) is 0 Å². The van der Waals surface area contributed by atoms with Gasteiger partial charge in [0, 0.05) is 16.3 Å². The Labute approximate surface area is 162 Å². The lowest BCUT2D eigenvalue weighted by atomic mass is 9.94. The van der Waals surface area contributed by atoms with Crippen molar-refractivity contribution in [1.82, 2.24) is 9.97 Å². The van der Waals surface area contributed by atoms with Crippen LogP contribution >= 0.6 is 0 Å². The van der Waals surface area contributed by atoms with Gasteiger partial charge in [-0.25, -0.2) is 4.98 Å². The topological polar surface area (TPSA) is 45.8 Å². The molecule has 0 amide bonds. The molecule has 2 aromatic heterocycles. The molecule has 5 aromatic rings. The quantitative estimate of drug-likeness (QED) is 0.381. The van der Waals surface area contributed by atoms with E-state index in [4.69, 9.17) is 4.98 Å². The van der Waals surface area contributed by atoms with E-state index >= 15 is 0 Å². The second-order valence-electron chi connectivity index (χ2n) is 7.60. The number of rotatable bonds is 1. The third-order valence-electron chi connectivity index (χ3n) is 5.38. The molecule has 5 rings (SSSR count). The fraction of sp³-hybridized carbons (Fsp3) is 0.120. The fourth-order valence-electron chi connectivity index (χ4n) is 3.93. The van der Waals surface area contributed by atoms with Crippen LogP contribution in [0.2, 0.25) is 0 Å². The highest BCUT2D eigenvalue weighted by Crippen LogP contribution is 2.34. The monoisotopic (exact) mass is 364 g/mol. The predicted octanol–water partition coefficient (Wildman–Crippen LogP) is 5.82. The Morgan fingerprint density at radius 1 is 0.750 bits per heavy atom. The van der Waals surface area contributed by atoms with Crippen LogP contribution in [-0.4, -0.2) is 9.97 Å². The van der Waals surface area contributed by atoms with Gasteiger partial charge in [-0.1, -0.05) is 53.1 Å². The van der Waals surface area contributed by atoms with Gasteiger partial charge in [0.05, 0.1) is 16.4 Å². The number of nitrogens with zero attached hydrogens (tertiary/aromatic N) is 1. The van der Waals surface area contributed by atoms with E-state index in [1.54, 1.807) is 0 Å². The molecule has 0 aliphatic carbocycles. The van der Waals surface area contributed by atoms with Crippen LogP contribution in [0.25, 0.3) is 44.0 Å². The minimum Gasteiger partial charge on any atom is -0.339 e. The van der Waals surface area contributed by atoms with Crippen LogP contribution in [0.4, 0.5) is 0 Å². The van der Waals surface area contributed by atoms with Crippen LogP contribution in [0.1, 0.15) is 16.7 Å². The number of benzene rings is 3. The average Bonchev–Trinajstić information content (AvgIpc) is 2.68. The Bertz CT molecular complexity index is 1440. The van der Waals surface area contributed by atoms with Crippen molar-refractivity contribution >= 4 is 32.8 Å². The number of hydrogen-bond donors (Lipinski definition) is 1. The van der Waals surface area contributed by atoms with E-state index in [1.165, 1.54) is 5.56 Å². The maximum atomic E-state index is 13.6. The molecule has 0 aliphatic rings. The summed E-state index contributed by atoms with van der Waals surface area (Å²) in [5, 5.41) is 2.36. The largest absolute Gasteiger partial charge is 0.339 e. The Kier molecular flexibility index (Phi) is 3.59. The van der Waals surface area contributed by atoms with E-state index in [0.29, 0.717) is 16.4 Å². The van der Waals surface area contributed by atoms with Crippen molar-refractivity contribution in [2.24, 2.45) is 0 Å². The number of aryl methyl sites for hydroxylation is 3. The van der Waals surface area contributed by atoms with Crippen molar-refractivity contribution in [1.29, 1.82) is 0 Å². The molecule has 0 fully saturated rings. The Hall–Kier alpha value is -3.46. The maximum absolute atomic E-state index is 13.6. The summed E-state index contributed by atoms with van der Waals surface area (Å²) in [5.74, 6) is 0. The first kappa shape index (κ1) is 16.7. The number of nitrogens with one attached hydrogen (secondary N) is 1. The molecule has 3 aromatic carbocycles. The summed E-state index contributed by atoms with van der Waals surface area (Å²) in [5.41, 5.74) is 7.76. The minimum atomic E-state index is 0.0268. The molecule has 136 valence electrons. The molecule has 0 bridgehead atoms. The van der Waals surface area contributed by atoms with Crippen molar-refractivity contribution in [3.05, 3.63) is 87.6 Å². The molecular formula is C25H20N2O. The number of aromatic nitrogens is 2. The van der Waals surface area contributed by atoms with Crippen molar-refractivity contribution in [3.63, 3.8) is 0 Å². The molecule has 0 spiro atoms. The zero-order valence-electron chi connectivity index (χ0n) is 16.1. The second-order valence-corrected chi connectivity index (χ2v) is 7.60. The van der Waals surface area contributed by atoms with E-state index < -0.39 is 0 Å². The number of pyridine rings is 2. The number of aromatic amines is 1. The number of hydrogen-bond acceptors (Lipinski definition) is 2. The first-order valence-corrected chi connectivity index (χ1v) is 9.45. The van der Waals surface area contributed by atoms with Gasteiger partial charge in [0.15, 0.2) is 5.43 Å². The van der Waals surface area contributed by atoms with Crippen LogP contribution in [0.5, 0.6) is 0 Å². The van der Waals surface area contributed by atoms with E-state index in [0.717, 1.165) is 38.7 Å². The highest BCUT2D eigenvalue weighted by Gasteiger charge is 2.16. The molecule has 28 heavy (non-hydrogen) atoms. The summed E-state index contributed by atoms with van der Waals surface area (Å²) in [6, 6.07) is 20.5. The molecule has 0 saturated heterocycles. The molecule has 1 N–H and O–H groups in total. The van der Waals surface area contributed by atoms with Gasteiger partial charge in [0.1, 0.15) is 5.65 Å². The summed E-state index contributed by atoms with van der Waals surface area (Å²) in [6.07, 6.45) is 0. The van der Waals surface area contributed by atoms with Crippen molar-refractivity contribution in [2.75, 3.05) is 0 Å². The molecule has 2 heterocycles. The molecule has 0 radical (unpaired) electrons. The van der Waals surface area contributed by atoms with Gasteiger partial charge in [-0.15, -0.1) is 0 Å². The molecule has 3 nitrogen and oxygen atoms in total. The van der Waals surface area contributed by atoms with E-state index in [-0.39, 0.29) is 5.43 Å². The first-order chi connectivity index (χ1) is 13.5. The van der Waals surface area contributed by atoms with Crippen LogP contribution in [0.15, 0.2) is 65.5 Å². The van der Waals surface area contributed by atoms with Crippen molar-refractivity contribution in [2.45, 2.75) is 20.8 Å². The number of fused-ring (bicyclic) bond motifs is 3. The van der Waals surface area contributed by atoms with Gasteiger partial charge in [0.25, 0.3) is 0 Å². The van der Waals surface area contributed by atoms with E-state index in [2.05, 4.69) is 55.2 Å². The zero-order valence-corrected chi connectivity index (χ0v) is 16.1. The summed E-state index contributed by atoms with van der Waals surface area (Å²) < 4.78 is 0. The van der Waals surface area contributed by atoms with Crippen LogP contribution in [-0.2, 0) is 0 Å². The fourth-order valence-corrected chi connectivity index (χ4v) is 3.93. The summed E-state index contributed by atoms with van der Waals surface area (Å²) in [7, 11) is 0. The third-order valence-corrected chi connectivity index (χ3v) is 5.38. The van der Waals surface area contributed by atoms with Gasteiger partial charge >= 0.3 is 0 Å². The lowest BCUT2D eigenvalue weighted by Crippen LogP contribution is -2.08. The third kappa shape index (κ3) is 2.51. The van der Waals surface area contributed by atoms with Crippen molar-refractivity contribution < 1.29 is 0 Å². The highest BCUT2D eigenvalue weighted by atomic mass is 16.1. The summed E-state index contributed by atoms with van der Waals surface area (Å²) in [6.45, 7) is 6.14.